The van der Waals surface area contributed by atoms with Crippen LogP contribution in [0.4, 0.5) is 5.69 Å². The molecule has 0 saturated heterocycles. The molecule has 0 bridgehead atoms. The molecule has 0 aromatic heterocycles. The lowest BCUT2D eigenvalue weighted by Crippen LogP contribution is -2.44. The number of aliphatic carboxylic acids is 1. The molecule has 0 aliphatic rings. The second-order valence-electron chi connectivity index (χ2n) is 6.04. The van der Waals surface area contributed by atoms with Crippen molar-refractivity contribution in [3.63, 3.8) is 0 Å². The van der Waals surface area contributed by atoms with Gasteiger partial charge in [-0.25, -0.2) is 4.79 Å². The molecular weight excluding hydrogens is 280 g/mol. The van der Waals surface area contributed by atoms with Gasteiger partial charge in [0, 0.05) is 26.2 Å². The molecule has 5 nitrogen and oxygen atoms in total. The number of aryl methyl sites for hydroxylation is 1. The van der Waals surface area contributed by atoms with E-state index >= 15 is 0 Å². The van der Waals surface area contributed by atoms with Crippen LogP contribution in [0.25, 0.3) is 0 Å². The Morgan fingerprint density at radius 1 is 1.18 bits per heavy atom. The third kappa shape index (κ3) is 5.76. The number of anilines is 1. The standard InChI is InChI=1S/C17H26N2O3/c1-12(2)16(17(21)22)18-15(20)7-5-6-13-8-10-14(11-9-13)19(3)4/h8-12,16H,5-7H2,1-4H3,(H,18,20)(H,21,22). The monoisotopic (exact) mass is 306 g/mol. The summed E-state index contributed by atoms with van der Waals surface area (Å²) in [4.78, 5) is 24.9. The van der Waals surface area contributed by atoms with Crippen molar-refractivity contribution in [3.05, 3.63) is 29.8 Å². The molecule has 0 fully saturated rings. The lowest BCUT2D eigenvalue weighted by molar-refractivity contribution is -0.143. The lowest BCUT2D eigenvalue weighted by atomic mass is 10.0. The quantitative estimate of drug-likeness (QED) is 0.773. The number of benzene rings is 1. The van der Waals surface area contributed by atoms with Gasteiger partial charge in [-0.3, -0.25) is 4.79 Å². The number of hydrogen-bond acceptors (Lipinski definition) is 3. The normalized spacial score (nSPS) is 12.0. The Morgan fingerprint density at radius 2 is 1.77 bits per heavy atom. The number of carboxylic acids is 1. The largest absolute Gasteiger partial charge is 0.480 e. The smallest absolute Gasteiger partial charge is 0.326 e. The third-order valence-electron chi connectivity index (χ3n) is 3.57. The number of carboxylic acid groups (broad SMARTS) is 1. The Balaban J connectivity index is 2.40. The highest BCUT2D eigenvalue weighted by atomic mass is 16.4. The molecule has 22 heavy (non-hydrogen) atoms. The van der Waals surface area contributed by atoms with E-state index in [-0.39, 0.29) is 11.8 Å². The van der Waals surface area contributed by atoms with Crippen LogP contribution < -0.4 is 10.2 Å². The topological polar surface area (TPSA) is 69.6 Å². The highest BCUT2D eigenvalue weighted by Gasteiger charge is 2.22. The first-order valence-corrected chi connectivity index (χ1v) is 7.59. The summed E-state index contributed by atoms with van der Waals surface area (Å²) in [6.45, 7) is 3.57. The highest BCUT2D eigenvalue weighted by Crippen LogP contribution is 2.14. The maximum atomic E-state index is 11.8. The van der Waals surface area contributed by atoms with Crippen LogP contribution in [0.2, 0.25) is 0 Å². The summed E-state index contributed by atoms with van der Waals surface area (Å²) >= 11 is 0. The van der Waals surface area contributed by atoms with E-state index in [1.807, 2.05) is 19.0 Å². The van der Waals surface area contributed by atoms with E-state index in [0.717, 1.165) is 12.1 Å². The SMILES string of the molecule is CC(C)C(NC(=O)CCCc1ccc(N(C)C)cc1)C(=O)O. The molecule has 0 aliphatic carbocycles. The van der Waals surface area contributed by atoms with E-state index in [9.17, 15) is 9.59 Å². The van der Waals surface area contributed by atoms with Crippen molar-refractivity contribution >= 4 is 17.6 Å². The van der Waals surface area contributed by atoms with Crippen LogP contribution >= 0.6 is 0 Å². The molecule has 0 heterocycles. The molecular formula is C17H26N2O3. The predicted octanol–water partition coefficient (Wildman–Crippen LogP) is 2.30. The highest BCUT2D eigenvalue weighted by molar-refractivity contribution is 5.83. The van der Waals surface area contributed by atoms with Gasteiger partial charge in [0.05, 0.1) is 0 Å². The van der Waals surface area contributed by atoms with Crippen molar-refractivity contribution < 1.29 is 14.7 Å². The minimum atomic E-state index is -0.984. The maximum absolute atomic E-state index is 11.8. The van der Waals surface area contributed by atoms with E-state index in [1.165, 1.54) is 5.56 Å². The van der Waals surface area contributed by atoms with E-state index in [4.69, 9.17) is 5.11 Å². The number of rotatable bonds is 8. The van der Waals surface area contributed by atoms with E-state index in [0.29, 0.717) is 12.8 Å². The van der Waals surface area contributed by atoms with Gasteiger partial charge in [0.2, 0.25) is 5.91 Å². The molecule has 0 aliphatic heterocycles. The van der Waals surface area contributed by atoms with Crippen LogP contribution in [0.1, 0.15) is 32.3 Å². The van der Waals surface area contributed by atoms with Crippen molar-refractivity contribution in [2.24, 2.45) is 5.92 Å². The molecule has 1 atom stereocenters. The third-order valence-corrected chi connectivity index (χ3v) is 3.57. The average molecular weight is 306 g/mol. The van der Waals surface area contributed by atoms with Gasteiger partial charge in [0.25, 0.3) is 0 Å². The van der Waals surface area contributed by atoms with Gasteiger partial charge in [-0.1, -0.05) is 26.0 Å². The Labute approximate surface area is 132 Å². The second-order valence-corrected chi connectivity index (χ2v) is 6.04. The van der Waals surface area contributed by atoms with E-state index < -0.39 is 12.0 Å². The van der Waals surface area contributed by atoms with Gasteiger partial charge < -0.3 is 15.3 Å². The molecule has 0 radical (unpaired) electrons. The van der Waals surface area contributed by atoms with Gasteiger partial charge in [-0.2, -0.15) is 0 Å². The Morgan fingerprint density at radius 3 is 2.23 bits per heavy atom. The van der Waals surface area contributed by atoms with Gasteiger partial charge >= 0.3 is 5.97 Å². The van der Waals surface area contributed by atoms with Crippen LogP contribution in [-0.4, -0.2) is 37.1 Å². The molecule has 5 heteroatoms. The number of carbonyl (C=O) groups is 2. The Bertz CT molecular complexity index is 495. The van der Waals surface area contributed by atoms with Gasteiger partial charge in [-0.15, -0.1) is 0 Å². The van der Waals surface area contributed by atoms with Gasteiger partial charge in [0.1, 0.15) is 6.04 Å². The van der Waals surface area contributed by atoms with Crippen molar-refractivity contribution in [2.45, 2.75) is 39.2 Å². The number of amides is 1. The van der Waals surface area contributed by atoms with Crippen LogP contribution in [0.5, 0.6) is 0 Å². The molecule has 1 rings (SSSR count). The number of nitrogens with zero attached hydrogens (tertiary/aromatic N) is 1. The molecule has 1 unspecified atom stereocenters. The van der Waals surface area contributed by atoms with Crippen LogP contribution in [0.3, 0.4) is 0 Å². The molecule has 0 saturated carbocycles. The zero-order valence-electron chi connectivity index (χ0n) is 13.8. The molecule has 1 amide bonds. The first-order chi connectivity index (χ1) is 10.3. The first kappa shape index (κ1) is 18.0. The fraction of sp³-hybridized carbons (Fsp3) is 0.529. The van der Waals surface area contributed by atoms with Crippen molar-refractivity contribution in [1.29, 1.82) is 0 Å². The van der Waals surface area contributed by atoms with Crippen molar-refractivity contribution in [2.75, 3.05) is 19.0 Å². The van der Waals surface area contributed by atoms with Crippen molar-refractivity contribution in [1.82, 2.24) is 5.32 Å². The second kappa shape index (κ2) is 8.41. The van der Waals surface area contributed by atoms with Crippen molar-refractivity contribution in [3.8, 4) is 0 Å². The number of nitrogens with one attached hydrogen (secondary N) is 1. The summed E-state index contributed by atoms with van der Waals surface area (Å²) < 4.78 is 0. The summed E-state index contributed by atoms with van der Waals surface area (Å²) in [6, 6.07) is 7.40. The molecule has 0 spiro atoms. The lowest BCUT2D eigenvalue weighted by Gasteiger charge is -2.17. The molecule has 1 aromatic rings. The average Bonchev–Trinajstić information content (AvgIpc) is 2.44. The minimum absolute atomic E-state index is 0.125. The van der Waals surface area contributed by atoms with Gasteiger partial charge in [0.15, 0.2) is 0 Å². The van der Waals surface area contributed by atoms with Gasteiger partial charge in [-0.05, 0) is 36.5 Å². The van der Waals surface area contributed by atoms with Crippen LogP contribution in [-0.2, 0) is 16.0 Å². The maximum Gasteiger partial charge on any atom is 0.326 e. The minimum Gasteiger partial charge on any atom is -0.480 e. The summed E-state index contributed by atoms with van der Waals surface area (Å²) in [5.74, 6) is -1.31. The Kier molecular flexibility index (Phi) is 6.89. The zero-order valence-corrected chi connectivity index (χ0v) is 13.8. The Hall–Kier alpha value is -2.04. The summed E-state index contributed by atoms with van der Waals surface area (Å²) in [6.07, 6.45) is 1.85. The number of hydrogen-bond donors (Lipinski definition) is 2. The first-order valence-electron chi connectivity index (χ1n) is 7.59. The van der Waals surface area contributed by atoms with Crippen LogP contribution in [0, 0.1) is 5.92 Å². The fourth-order valence-corrected chi connectivity index (χ4v) is 2.17. The predicted molar refractivity (Wildman–Crippen MR) is 88.1 cm³/mol. The summed E-state index contributed by atoms with van der Waals surface area (Å²) in [5, 5.41) is 11.6. The van der Waals surface area contributed by atoms with E-state index in [1.54, 1.807) is 13.8 Å². The molecule has 2 N–H and O–H groups in total. The zero-order chi connectivity index (χ0) is 16.7. The number of carbonyl (C=O) groups excluding carboxylic acids is 1. The fourth-order valence-electron chi connectivity index (χ4n) is 2.17. The van der Waals surface area contributed by atoms with Crippen LogP contribution in [0.15, 0.2) is 24.3 Å². The summed E-state index contributed by atoms with van der Waals surface area (Å²) in [5.41, 5.74) is 2.32. The summed E-state index contributed by atoms with van der Waals surface area (Å²) in [7, 11) is 3.99. The van der Waals surface area contributed by atoms with E-state index in [2.05, 4.69) is 29.6 Å². The molecule has 1 aromatic carbocycles. The molecule has 122 valence electrons.